The molecular weight excluding hydrogens is 302 g/mol. The maximum absolute atomic E-state index is 12.3. The molecule has 1 aliphatic heterocycles. The monoisotopic (exact) mass is 313 g/mol. The lowest BCUT2D eigenvalue weighted by atomic mass is 10.1. The molecule has 0 radical (unpaired) electrons. The van der Waals surface area contributed by atoms with Crippen LogP contribution in [0.25, 0.3) is 0 Å². The van der Waals surface area contributed by atoms with Crippen LogP contribution in [0.1, 0.15) is 23.7 Å². The van der Waals surface area contributed by atoms with Gasteiger partial charge < -0.3 is 4.90 Å². The highest BCUT2D eigenvalue weighted by atomic mass is 79.9. The number of benzene rings is 1. The molecule has 2 rings (SSSR count). The van der Waals surface area contributed by atoms with E-state index in [0.717, 1.165) is 17.4 Å². The quantitative estimate of drug-likeness (QED) is 0.720. The molecule has 1 aromatic carbocycles. The molecule has 0 aromatic heterocycles. The van der Waals surface area contributed by atoms with Crippen LogP contribution in [0.15, 0.2) is 34.3 Å². The van der Waals surface area contributed by atoms with E-state index in [4.69, 9.17) is 11.6 Å². The van der Waals surface area contributed by atoms with Crippen molar-refractivity contribution in [3.8, 4) is 0 Å². The minimum atomic E-state index is 0.00347. The van der Waals surface area contributed by atoms with Gasteiger partial charge in [0.2, 0.25) is 0 Å². The second kappa shape index (κ2) is 5.23. The Morgan fingerprint density at radius 3 is 2.94 bits per heavy atom. The van der Waals surface area contributed by atoms with Crippen LogP contribution in [-0.4, -0.2) is 23.9 Å². The summed E-state index contributed by atoms with van der Waals surface area (Å²) in [6.45, 7) is 3.50. The Morgan fingerprint density at radius 1 is 1.47 bits per heavy atom. The van der Waals surface area contributed by atoms with Crippen molar-refractivity contribution in [2.24, 2.45) is 0 Å². The molecule has 0 spiro atoms. The SMILES string of the molecule is CC1=CCCN(C(=O)c2cc(Br)ccc2Cl)C1. The maximum atomic E-state index is 12.3. The van der Waals surface area contributed by atoms with E-state index >= 15 is 0 Å². The fourth-order valence-electron chi connectivity index (χ4n) is 1.92. The van der Waals surface area contributed by atoms with Crippen LogP contribution in [-0.2, 0) is 0 Å². The van der Waals surface area contributed by atoms with Gasteiger partial charge in [0.15, 0.2) is 0 Å². The van der Waals surface area contributed by atoms with Crippen molar-refractivity contribution in [1.82, 2.24) is 4.90 Å². The molecular formula is C13H13BrClNO. The Bertz CT molecular complexity index is 484. The van der Waals surface area contributed by atoms with E-state index in [1.54, 1.807) is 12.1 Å². The first-order valence-electron chi connectivity index (χ1n) is 5.48. The molecule has 4 heteroatoms. The van der Waals surface area contributed by atoms with E-state index in [-0.39, 0.29) is 5.91 Å². The molecule has 0 saturated heterocycles. The van der Waals surface area contributed by atoms with Gasteiger partial charge in [-0.1, -0.05) is 39.2 Å². The largest absolute Gasteiger partial charge is 0.334 e. The van der Waals surface area contributed by atoms with E-state index in [1.165, 1.54) is 5.57 Å². The Morgan fingerprint density at radius 2 is 2.24 bits per heavy atom. The van der Waals surface area contributed by atoms with Crippen molar-refractivity contribution >= 4 is 33.4 Å². The van der Waals surface area contributed by atoms with E-state index in [1.807, 2.05) is 17.9 Å². The third-order valence-corrected chi connectivity index (χ3v) is 3.60. The summed E-state index contributed by atoms with van der Waals surface area (Å²) in [6.07, 6.45) is 3.09. The van der Waals surface area contributed by atoms with Gasteiger partial charge in [-0.15, -0.1) is 0 Å². The lowest BCUT2D eigenvalue weighted by Gasteiger charge is -2.26. The minimum absolute atomic E-state index is 0.00347. The molecule has 17 heavy (non-hydrogen) atoms. The summed E-state index contributed by atoms with van der Waals surface area (Å²) in [5.41, 5.74) is 1.80. The third-order valence-electron chi connectivity index (χ3n) is 2.78. The lowest BCUT2D eigenvalue weighted by molar-refractivity contribution is 0.0766. The highest BCUT2D eigenvalue weighted by molar-refractivity contribution is 9.10. The number of rotatable bonds is 1. The zero-order chi connectivity index (χ0) is 12.4. The fraction of sp³-hybridized carbons (Fsp3) is 0.308. The van der Waals surface area contributed by atoms with Crippen molar-refractivity contribution in [2.45, 2.75) is 13.3 Å². The summed E-state index contributed by atoms with van der Waals surface area (Å²) in [4.78, 5) is 14.1. The van der Waals surface area contributed by atoms with E-state index in [0.29, 0.717) is 17.1 Å². The second-order valence-corrected chi connectivity index (χ2v) is 5.51. The highest BCUT2D eigenvalue weighted by Crippen LogP contribution is 2.23. The molecule has 0 bridgehead atoms. The molecule has 0 aliphatic carbocycles. The standard InChI is InChI=1S/C13H13BrClNO/c1-9-3-2-6-16(8-9)13(17)11-7-10(14)4-5-12(11)15/h3-5,7H,2,6,8H2,1H3. The predicted molar refractivity (Wildman–Crippen MR) is 73.4 cm³/mol. The van der Waals surface area contributed by atoms with E-state index in [9.17, 15) is 4.79 Å². The number of nitrogens with zero attached hydrogens (tertiary/aromatic N) is 1. The van der Waals surface area contributed by atoms with Gasteiger partial charge in [0.05, 0.1) is 10.6 Å². The van der Waals surface area contributed by atoms with Crippen LogP contribution < -0.4 is 0 Å². The van der Waals surface area contributed by atoms with Gasteiger partial charge in [-0.05, 0) is 31.5 Å². The maximum Gasteiger partial charge on any atom is 0.255 e. The number of hydrogen-bond acceptors (Lipinski definition) is 1. The molecule has 1 amide bonds. The Hall–Kier alpha value is -0.800. The van der Waals surface area contributed by atoms with Gasteiger partial charge in [0.25, 0.3) is 5.91 Å². The molecule has 2 nitrogen and oxygen atoms in total. The van der Waals surface area contributed by atoms with E-state index in [2.05, 4.69) is 22.0 Å². The van der Waals surface area contributed by atoms with Crippen molar-refractivity contribution in [1.29, 1.82) is 0 Å². The van der Waals surface area contributed by atoms with Crippen molar-refractivity contribution < 1.29 is 4.79 Å². The Kier molecular flexibility index (Phi) is 3.89. The molecule has 90 valence electrons. The zero-order valence-corrected chi connectivity index (χ0v) is 11.9. The number of carbonyl (C=O) groups excluding carboxylic acids is 1. The van der Waals surface area contributed by atoms with Crippen LogP contribution in [0, 0.1) is 0 Å². The van der Waals surface area contributed by atoms with Gasteiger partial charge in [-0.25, -0.2) is 0 Å². The summed E-state index contributed by atoms with van der Waals surface area (Å²) in [7, 11) is 0. The first kappa shape index (κ1) is 12.7. The molecule has 1 aliphatic rings. The van der Waals surface area contributed by atoms with Gasteiger partial charge in [0, 0.05) is 17.6 Å². The summed E-state index contributed by atoms with van der Waals surface area (Å²) in [5, 5.41) is 0.505. The highest BCUT2D eigenvalue weighted by Gasteiger charge is 2.20. The van der Waals surface area contributed by atoms with Crippen molar-refractivity contribution in [3.63, 3.8) is 0 Å². The van der Waals surface area contributed by atoms with Gasteiger partial charge in [-0.2, -0.15) is 0 Å². The smallest absolute Gasteiger partial charge is 0.255 e. The number of hydrogen-bond donors (Lipinski definition) is 0. The summed E-state index contributed by atoms with van der Waals surface area (Å²) >= 11 is 9.42. The predicted octanol–water partition coefficient (Wildman–Crippen LogP) is 3.89. The van der Waals surface area contributed by atoms with Gasteiger partial charge in [-0.3, -0.25) is 4.79 Å². The van der Waals surface area contributed by atoms with Crippen molar-refractivity contribution in [2.75, 3.05) is 13.1 Å². The number of halogens is 2. The third kappa shape index (κ3) is 2.90. The summed E-state index contributed by atoms with van der Waals surface area (Å²) in [5.74, 6) is 0.00347. The van der Waals surface area contributed by atoms with Gasteiger partial charge >= 0.3 is 0 Å². The average Bonchev–Trinajstić information content (AvgIpc) is 2.31. The average molecular weight is 315 g/mol. The molecule has 1 heterocycles. The second-order valence-electron chi connectivity index (χ2n) is 4.19. The van der Waals surface area contributed by atoms with E-state index < -0.39 is 0 Å². The summed E-state index contributed by atoms with van der Waals surface area (Å²) in [6, 6.07) is 5.35. The zero-order valence-electron chi connectivity index (χ0n) is 9.54. The molecule has 0 fully saturated rings. The van der Waals surface area contributed by atoms with Crippen LogP contribution in [0.2, 0.25) is 5.02 Å². The van der Waals surface area contributed by atoms with Crippen LogP contribution >= 0.6 is 27.5 Å². The lowest BCUT2D eigenvalue weighted by Crippen LogP contribution is -2.35. The molecule has 0 unspecified atom stereocenters. The van der Waals surface area contributed by atoms with Crippen LogP contribution in [0.4, 0.5) is 0 Å². The van der Waals surface area contributed by atoms with Crippen molar-refractivity contribution in [3.05, 3.63) is 44.9 Å². The molecule has 0 N–H and O–H groups in total. The number of carbonyl (C=O) groups is 1. The van der Waals surface area contributed by atoms with Gasteiger partial charge in [0.1, 0.15) is 0 Å². The minimum Gasteiger partial charge on any atom is -0.334 e. The molecule has 0 atom stereocenters. The Labute approximate surface area is 114 Å². The normalized spacial score (nSPS) is 15.7. The summed E-state index contributed by atoms with van der Waals surface area (Å²) < 4.78 is 0.870. The molecule has 0 saturated carbocycles. The molecule has 1 aromatic rings. The topological polar surface area (TPSA) is 20.3 Å². The Balaban J connectivity index is 2.25. The first-order chi connectivity index (χ1) is 8.08. The number of amides is 1. The van der Waals surface area contributed by atoms with Crippen LogP contribution in [0.3, 0.4) is 0 Å². The van der Waals surface area contributed by atoms with Crippen LogP contribution in [0.5, 0.6) is 0 Å². The fourth-order valence-corrected chi connectivity index (χ4v) is 2.48. The first-order valence-corrected chi connectivity index (χ1v) is 6.65.